The maximum Gasteiger partial charge on any atom is 0.253 e. The third-order valence-corrected chi connectivity index (χ3v) is 9.71. The molecule has 0 bridgehead atoms. The molecule has 3 heterocycles. The van der Waals surface area contributed by atoms with Gasteiger partial charge in [0.25, 0.3) is 5.91 Å². The van der Waals surface area contributed by atoms with Crippen molar-refractivity contribution >= 4 is 42.6 Å². The van der Waals surface area contributed by atoms with Crippen LogP contribution in [0.1, 0.15) is 30.1 Å². The lowest BCUT2D eigenvalue weighted by Crippen LogP contribution is -2.48. The predicted octanol–water partition coefficient (Wildman–Crippen LogP) is 3.46. The number of amides is 1. The van der Waals surface area contributed by atoms with Crippen molar-refractivity contribution in [3.63, 3.8) is 0 Å². The molecule has 2 aromatic carbocycles. The zero-order chi connectivity index (χ0) is 26.0. The summed E-state index contributed by atoms with van der Waals surface area (Å²) in [6.45, 7) is 6.11. The number of anilines is 1. The fraction of sp³-hybridized carbons (Fsp3) is 0.462. The highest BCUT2D eigenvalue weighted by Gasteiger charge is 2.27. The number of aromatic nitrogens is 1. The Morgan fingerprint density at radius 1 is 1.16 bits per heavy atom. The molecule has 2 aliphatic rings. The van der Waals surface area contributed by atoms with E-state index in [9.17, 15) is 13.2 Å². The number of carbonyl (C=O) groups is 1. The molecule has 5 rings (SSSR count). The quantitative estimate of drug-likeness (QED) is 0.429. The van der Waals surface area contributed by atoms with Gasteiger partial charge in [0.2, 0.25) is 10.0 Å². The number of fused-ring (bicyclic) bond motifs is 1. The van der Waals surface area contributed by atoms with E-state index in [1.165, 1.54) is 16.4 Å². The number of hydrogen-bond acceptors (Lipinski definition) is 8. The van der Waals surface area contributed by atoms with Gasteiger partial charge in [0, 0.05) is 51.9 Å². The lowest BCUT2D eigenvalue weighted by molar-refractivity contribution is 0.0746. The van der Waals surface area contributed by atoms with E-state index >= 15 is 0 Å². The highest BCUT2D eigenvalue weighted by molar-refractivity contribution is 7.89. The van der Waals surface area contributed by atoms with Crippen LogP contribution in [0.25, 0.3) is 10.2 Å². The number of rotatable bonds is 8. The van der Waals surface area contributed by atoms with Crippen LogP contribution in [0, 0.1) is 0 Å². The summed E-state index contributed by atoms with van der Waals surface area (Å²) in [5.41, 5.74) is 1.43. The highest BCUT2D eigenvalue weighted by atomic mass is 32.2. The van der Waals surface area contributed by atoms with Gasteiger partial charge < -0.3 is 19.3 Å². The van der Waals surface area contributed by atoms with Crippen molar-refractivity contribution in [2.24, 2.45) is 0 Å². The predicted molar refractivity (Wildman–Crippen MR) is 144 cm³/mol. The van der Waals surface area contributed by atoms with Gasteiger partial charge in [-0.15, -0.1) is 0 Å². The van der Waals surface area contributed by atoms with Crippen molar-refractivity contribution in [2.45, 2.75) is 30.8 Å². The molecule has 3 aromatic rings. The monoisotopic (exact) mass is 544 g/mol. The van der Waals surface area contributed by atoms with Gasteiger partial charge in [0.1, 0.15) is 5.75 Å². The minimum Gasteiger partial charge on any atom is -0.494 e. The molecule has 1 atom stereocenters. The molecular formula is C26H32N4O5S2. The van der Waals surface area contributed by atoms with E-state index in [2.05, 4.69) is 4.90 Å². The van der Waals surface area contributed by atoms with Crippen molar-refractivity contribution < 1.29 is 22.7 Å². The molecule has 0 spiro atoms. The van der Waals surface area contributed by atoms with E-state index in [-0.39, 0.29) is 16.9 Å². The Labute approximate surface area is 221 Å². The minimum absolute atomic E-state index is 0.0606. The zero-order valence-electron chi connectivity index (χ0n) is 21.1. The van der Waals surface area contributed by atoms with Gasteiger partial charge in [-0.25, -0.2) is 13.4 Å². The normalized spacial score (nSPS) is 18.6. The van der Waals surface area contributed by atoms with Gasteiger partial charge in [-0.3, -0.25) is 4.79 Å². The Morgan fingerprint density at radius 2 is 1.92 bits per heavy atom. The number of piperazine rings is 1. The standard InChI is InChI=1S/C26H32N4O5S2/c1-3-34-20-8-11-23-24(17-20)36-26(27-23)30-14-12-29(13-15-30)25(31)19-6-9-22(10-7-19)37(32,33)28(2)18-21-5-4-16-35-21/h6-11,17,21H,3-5,12-16,18H2,1-2H3. The number of hydrogen-bond donors (Lipinski definition) is 0. The number of sulfonamides is 1. The molecule has 0 aliphatic carbocycles. The molecule has 2 aliphatic heterocycles. The van der Waals surface area contributed by atoms with Crippen LogP contribution < -0.4 is 9.64 Å². The first kappa shape index (κ1) is 25.9. The molecule has 1 aromatic heterocycles. The summed E-state index contributed by atoms with van der Waals surface area (Å²) < 4.78 is 39.5. The van der Waals surface area contributed by atoms with Crippen molar-refractivity contribution in [1.29, 1.82) is 0 Å². The van der Waals surface area contributed by atoms with E-state index in [1.807, 2.05) is 30.0 Å². The molecule has 1 amide bonds. The third kappa shape index (κ3) is 5.59. The number of carbonyl (C=O) groups excluding carboxylic acids is 1. The van der Waals surface area contributed by atoms with Crippen LogP contribution in [0.4, 0.5) is 5.13 Å². The SMILES string of the molecule is CCOc1ccc2nc(N3CCN(C(=O)c4ccc(S(=O)(=O)N(C)CC5CCCO5)cc4)CC3)sc2c1. The molecule has 0 saturated carbocycles. The summed E-state index contributed by atoms with van der Waals surface area (Å²) in [5, 5.41) is 0.942. The first-order valence-electron chi connectivity index (χ1n) is 12.6. The highest BCUT2D eigenvalue weighted by Crippen LogP contribution is 2.32. The Hall–Kier alpha value is -2.73. The minimum atomic E-state index is -3.64. The summed E-state index contributed by atoms with van der Waals surface area (Å²) in [5.74, 6) is 0.746. The molecule has 198 valence electrons. The van der Waals surface area contributed by atoms with Gasteiger partial charge in [0.15, 0.2) is 5.13 Å². The molecule has 0 N–H and O–H groups in total. The van der Waals surface area contributed by atoms with Gasteiger partial charge >= 0.3 is 0 Å². The van der Waals surface area contributed by atoms with E-state index in [1.54, 1.807) is 30.5 Å². The Morgan fingerprint density at radius 3 is 2.59 bits per heavy atom. The van der Waals surface area contributed by atoms with Crippen LogP contribution in [0.15, 0.2) is 47.4 Å². The van der Waals surface area contributed by atoms with E-state index in [0.717, 1.165) is 33.9 Å². The maximum atomic E-state index is 13.1. The molecule has 9 nitrogen and oxygen atoms in total. The summed E-state index contributed by atoms with van der Waals surface area (Å²) >= 11 is 1.63. The number of nitrogens with zero attached hydrogens (tertiary/aromatic N) is 4. The second-order valence-electron chi connectivity index (χ2n) is 9.28. The van der Waals surface area contributed by atoms with Crippen LogP contribution >= 0.6 is 11.3 Å². The molecule has 37 heavy (non-hydrogen) atoms. The molecule has 2 saturated heterocycles. The van der Waals surface area contributed by atoms with Crippen molar-refractivity contribution in [1.82, 2.24) is 14.2 Å². The van der Waals surface area contributed by atoms with Crippen LogP contribution in [0.3, 0.4) is 0 Å². The average Bonchev–Trinajstić information content (AvgIpc) is 3.58. The van der Waals surface area contributed by atoms with Gasteiger partial charge in [0.05, 0.1) is 27.8 Å². The maximum absolute atomic E-state index is 13.1. The number of ether oxygens (including phenoxy) is 2. The fourth-order valence-corrected chi connectivity index (χ4v) is 6.94. The molecular weight excluding hydrogens is 512 g/mol. The molecule has 0 radical (unpaired) electrons. The first-order chi connectivity index (χ1) is 17.8. The van der Waals surface area contributed by atoms with Crippen LogP contribution in [0.5, 0.6) is 5.75 Å². The van der Waals surface area contributed by atoms with Crippen LogP contribution in [-0.2, 0) is 14.8 Å². The Kier molecular flexibility index (Phi) is 7.66. The largest absolute Gasteiger partial charge is 0.494 e. The smallest absolute Gasteiger partial charge is 0.253 e. The first-order valence-corrected chi connectivity index (χ1v) is 14.9. The average molecular weight is 545 g/mol. The second kappa shape index (κ2) is 10.9. The Balaban J connectivity index is 1.19. The van der Waals surface area contributed by atoms with Gasteiger partial charge in [-0.2, -0.15) is 4.31 Å². The van der Waals surface area contributed by atoms with E-state index in [0.29, 0.717) is 51.5 Å². The topological polar surface area (TPSA) is 92.3 Å². The molecule has 1 unspecified atom stereocenters. The summed E-state index contributed by atoms with van der Waals surface area (Å²) in [4.78, 5) is 22.1. The van der Waals surface area contributed by atoms with Crippen molar-refractivity contribution in [3.8, 4) is 5.75 Å². The molecule has 2 fully saturated rings. The summed E-state index contributed by atoms with van der Waals surface area (Å²) in [6.07, 6.45) is 1.77. The lowest BCUT2D eigenvalue weighted by atomic mass is 10.2. The number of thiazole rings is 1. The van der Waals surface area contributed by atoms with Crippen molar-refractivity contribution in [3.05, 3.63) is 48.0 Å². The lowest BCUT2D eigenvalue weighted by Gasteiger charge is -2.34. The summed E-state index contributed by atoms with van der Waals surface area (Å²) in [6, 6.07) is 12.2. The van der Waals surface area contributed by atoms with Crippen LogP contribution in [0.2, 0.25) is 0 Å². The van der Waals surface area contributed by atoms with Crippen LogP contribution in [-0.4, -0.2) is 87.6 Å². The van der Waals surface area contributed by atoms with E-state index in [4.69, 9.17) is 14.5 Å². The number of likely N-dealkylation sites (N-methyl/N-ethyl adjacent to an activating group) is 1. The van der Waals surface area contributed by atoms with Gasteiger partial charge in [-0.05, 0) is 62.2 Å². The summed E-state index contributed by atoms with van der Waals surface area (Å²) in [7, 11) is -2.07. The van der Waals surface area contributed by atoms with E-state index < -0.39 is 10.0 Å². The van der Waals surface area contributed by atoms with Gasteiger partial charge in [-0.1, -0.05) is 11.3 Å². The fourth-order valence-electron chi connectivity index (χ4n) is 4.69. The second-order valence-corrected chi connectivity index (χ2v) is 12.3. The van der Waals surface area contributed by atoms with Crippen molar-refractivity contribution in [2.75, 3.05) is 57.9 Å². The third-order valence-electron chi connectivity index (χ3n) is 6.79. The molecule has 11 heteroatoms. The Bertz CT molecular complexity index is 1350. The number of benzene rings is 2. The zero-order valence-corrected chi connectivity index (χ0v) is 22.8.